The van der Waals surface area contributed by atoms with Crippen molar-refractivity contribution in [1.82, 2.24) is 20.1 Å². The topological polar surface area (TPSA) is 83.4 Å². The predicted octanol–water partition coefficient (Wildman–Crippen LogP) is 2.65. The molecule has 2 bridgehead atoms. The van der Waals surface area contributed by atoms with Crippen LogP contribution in [0.25, 0.3) is 0 Å². The fourth-order valence-electron chi connectivity index (χ4n) is 5.73. The lowest BCUT2D eigenvalue weighted by atomic mass is 9.83. The van der Waals surface area contributed by atoms with Crippen molar-refractivity contribution >= 4 is 11.9 Å². The number of hydrogen-bond donors (Lipinski definition) is 2. The van der Waals surface area contributed by atoms with Gasteiger partial charge in [0.25, 0.3) is 5.56 Å². The van der Waals surface area contributed by atoms with Crippen LogP contribution in [0.2, 0.25) is 0 Å². The molecular formula is C26H32N4O3. The zero-order valence-electron chi connectivity index (χ0n) is 18.9. The van der Waals surface area contributed by atoms with Crippen LogP contribution in [-0.4, -0.2) is 46.6 Å². The van der Waals surface area contributed by atoms with Crippen LogP contribution in [0.5, 0.6) is 0 Å². The second-order valence-corrected chi connectivity index (χ2v) is 9.78. The maximum absolute atomic E-state index is 13.3. The van der Waals surface area contributed by atoms with Gasteiger partial charge in [0.1, 0.15) is 6.04 Å². The molecule has 2 aromatic rings. The lowest BCUT2D eigenvalue weighted by Crippen LogP contribution is -2.57. The summed E-state index contributed by atoms with van der Waals surface area (Å²) in [6.45, 7) is 1.81. The Hall–Kier alpha value is -3.09. The molecule has 174 valence electrons. The molecule has 7 heteroatoms. The van der Waals surface area contributed by atoms with Crippen LogP contribution >= 0.6 is 0 Å². The quantitative estimate of drug-likeness (QED) is 0.738. The predicted molar refractivity (Wildman–Crippen MR) is 126 cm³/mol. The zero-order valence-corrected chi connectivity index (χ0v) is 18.9. The van der Waals surface area contributed by atoms with E-state index in [0.717, 1.165) is 43.4 Å². The summed E-state index contributed by atoms with van der Waals surface area (Å²) >= 11 is 0. The van der Waals surface area contributed by atoms with Gasteiger partial charge in [0.05, 0.1) is 0 Å². The number of carbonyl (C=O) groups excluding carboxylic acids is 2. The van der Waals surface area contributed by atoms with E-state index in [4.69, 9.17) is 0 Å². The molecule has 0 radical (unpaired) electrons. The normalized spacial score (nSPS) is 23.0. The Bertz CT molecular complexity index is 1060. The van der Waals surface area contributed by atoms with Crippen LogP contribution in [-0.2, 0) is 17.8 Å². The Morgan fingerprint density at radius 3 is 2.55 bits per heavy atom. The Kier molecular flexibility index (Phi) is 6.20. The fourth-order valence-corrected chi connectivity index (χ4v) is 5.73. The standard InChI is InChI=1S/C26H32N4O3/c31-24-12-6-11-23-20-13-19(16-30(23)24)15-29(17-20)26(33)28-22(14-18-7-2-1-3-8-18)25(32)27-21-9-4-5-10-21/h1-3,6-8,11-12,19-22H,4-5,9-10,13-17H2,(H,27,32)(H,28,33)/t19?,20?,22-/m0/s1. The van der Waals surface area contributed by atoms with Crippen LogP contribution in [0.15, 0.2) is 53.3 Å². The van der Waals surface area contributed by atoms with Gasteiger partial charge in [0.2, 0.25) is 5.91 Å². The Morgan fingerprint density at radius 2 is 1.76 bits per heavy atom. The van der Waals surface area contributed by atoms with E-state index in [1.165, 1.54) is 0 Å². The van der Waals surface area contributed by atoms with Crippen molar-refractivity contribution in [3.63, 3.8) is 0 Å². The largest absolute Gasteiger partial charge is 0.352 e. The smallest absolute Gasteiger partial charge is 0.318 e. The molecule has 3 atom stereocenters. The molecule has 3 amide bonds. The highest BCUT2D eigenvalue weighted by molar-refractivity contribution is 5.87. The van der Waals surface area contributed by atoms with Gasteiger partial charge >= 0.3 is 6.03 Å². The van der Waals surface area contributed by atoms with E-state index >= 15 is 0 Å². The first kappa shape index (κ1) is 21.7. The van der Waals surface area contributed by atoms with Crippen molar-refractivity contribution in [1.29, 1.82) is 0 Å². The van der Waals surface area contributed by atoms with E-state index in [0.29, 0.717) is 26.1 Å². The van der Waals surface area contributed by atoms with Crippen molar-refractivity contribution in [2.75, 3.05) is 13.1 Å². The van der Waals surface area contributed by atoms with Crippen LogP contribution in [0, 0.1) is 5.92 Å². The van der Waals surface area contributed by atoms with E-state index in [-0.39, 0.29) is 35.4 Å². The number of amides is 3. The highest BCUT2D eigenvalue weighted by atomic mass is 16.2. The minimum atomic E-state index is -0.614. The van der Waals surface area contributed by atoms with Crippen LogP contribution in [0.3, 0.4) is 0 Å². The van der Waals surface area contributed by atoms with Gasteiger partial charge < -0.3 is 20.1 Å². The zero-order chi connectivity index (χ0) is 22.8. The summed E-state index contributed by atoms with van der Waals surface area (Å²) in [5.74, 6) is 0.298. The number of piperidine rings is 1. The molecule has 2 fully saturated rings. The van der Waals surface area contributed by atoms with Crippen LogP contribution in [0.4, 0.5) is 4.79 Å². The van der Waals surface area contributed by atoms with E-state index in [1.807, 2.05) is 45.9 Å². The second-order valence-electron chi connectivity index (χ2n) is 9.78. The van der Waals surface area contributed by atoms with Gasteiger partial charge in [-0.2, -0.15) is 0 Å². The molecule has 1 aromatic heterocycles. The molecule has 33 heavy (non-hydrogen) atoms. The first-order chi connectivity index (χ1) is 16.1. The van der Waals surface area contributed by atoms with Crippen molar-refractivity contribution in [3.8, 4) is 0 Å². The molecule has 0 spiro atoms. The molecule has 2 aliphatic heterocycles. The second kappa shape index (κ2) is 9.41. The summed E-state index contributed by atoms with van der Waals surface area (Å²) in [5, 5.41) is 6.20. The number of nitrogens with one attached hydrogen (secondary N) is 2. The fraction of sp³-hybridized carbons (Fsp3) is 0.500. The average molecular weight is 449 g/mol. The molecule has 1 saturated heterocycles. The molecule has 3 aliphatic rings. The molecular weight excluding hydrogens is 416 g/mol. The summed E-state index contributed by atoms with van der Waals surface area (Å²) in [5.41, 5.74) is 2.07. The van der Waals surface area contributed by atoms with Gasteiger partial charge in [0, 0.05) is 49.8 Å². The average Bonchev–Trinajstić information content (AvgIpc) is 3.33. The Morgan fingerprint density at radius 1 is 0.970 bits per heavy atom. The van der Waals surface area contributed by atoms with Crippen LogP contribution in [0.1, 0.15) is 49.3 Å². The third-order valence-corrected chi connectivity index (χ3v) is 7.37. The summed E-state index contributed by atoms with van der Waals surface area (Å²) in [4.78, 5) is 40.6. The summed E-state index contributed by atoms with van der Waals surface area (Å²) in [6.07, 6.45) is 5.74. The molecule has 5 rings (SSSR count). The summed E-state index contributed by atoms with van der Waals surface area (Å²) < 4.78 is 1.86. The number of likely N-dealkylation sites (tertiary alicyclic amines) is 1. The van der Waals surface area contributed by atoms with E-state index in [2.05, 4.69) is 10.6 Å². The number of fused-ring (bicyclic) bond motifs is 4. The van der Waals surface area contributed by atoms with Gasteiger partial charge in [0.15, 0.2) is 0 Å². The summed E-state index contributed by atoms with van der Waals surface area (Å²) in [6, 6.07) is 14.6. The number of hydrogen-bond acceptors (Lipinski definition) is 3. The Labute approximate surface area is 194 Å². The lowest BCUT2D eigenvalue weighted by Gasteiger charge is -2.43. The molecule has 1 aromatic carbocycles. The highest BCUT2D eigenvalue weighted by Gasteiger charge is 2.37. The number of nitrogens with zero attached hydrogens (tertiary/aromatic N) is 2. The number of aromatic nitrogens is 1. The molecule has 1 aliphatic carbocycles. The Balaban J connectivity index is 1.29. The van der Waals surface area contributed by atoms with Gasteiger partial charge in [-0.3, -0.25) is 9.59 Å². The van der Waals surface area contributed by atoms with Crippen molar-refractivity contribution in [2.45, 2.75) is 63.1 Å². The SMILES string of the molecule is O=C(NC1CCCC1)[C@H](Cc1ccccc1)NC(=O)N1CC2CC(C1)c1cccc(=O)n1C2. The summed E-state index contributed by atoms with van der Waals surface area (Å²) in [7, 11) is 0. The monoisotopic (exact) mass is 448 g/mol. The molecule has 2 unspecified atom stereocenters. The van der Waals surface area contributed by atoms with E-state index in [9.17, 15) is 14.4 Å². The number of carbonyl (C=O) groups is 2. The number of pyridine rings is 1. The molecule has 1 saturated carbocycles. The third-order valence-electron chi connectivity index (χ3n) is 7.37. The number of benzene rings is 1. The molecule has 2 N–H and O–H groups in total. The first-order valence-corrected chi connectivity index (χ1v) is 12.2. The molecule has 7 nitrogen and oxygen atoms in total. The maximum Gasteiger partial charge on any atom is 0.318 e. The van der Waals surface area contributed by atoms with Gasteiger partial charge in [-0.05, 0) is 36.8 Å². The molecule has 3 heterocycles. The van der Waals surface area contributed by atoms with E-state index < -0.39 is 6.04 Å². The minimum absolute atomic E-state index is 0.0339. The van der Waals surface area contributed by atoms with Gasteiger partial charge in [-0.25, -0.2) is 4.79 Å². The minimum Gasteiger partial charge on any atom is -0.352 e. The highest BCUT2D eigenvalue weighted by Crippen LogP contribution is 2.34. The van der Waals surface area contributed by atoms with Crippen molar-refractivity contribution < 1.29 is 9.59 Å². The third kappa shape index (κ3) is 4.82. The lowest BCUT2D eigenvalue weighted by molar-refractivity contribution is -0.123. The van der Waals surface area contributed by atoms with E-state index in [1.54, 1.807) is 12.1 Å². The van der Waals surface area contributed by atoms with Gasteiger partial charge in [-0.1, -0.05) is 49.2 Å². The first-order valence-electron chi connectivity index (χ1n) is 12.2. The number of rotatable bonds is 5. The van der Waals surface area contributed by atoms with Gasteiger partial charge in [-0.15, -0.1) is 0 Å². The number of urea groups is 1. The maximum atomic E-state index is 13.3. The van der Waals surface area contributed by atoms with Crippen molar-refractivity contribution in [2.24, 2.45) is 5.92 Å². The van der Waals surface area contributed by atoms with Crippen molar-refractivity contribution in [3.05, 3.63) is 70.1 Å². The van der Waals surface area contributed by atoms with Crippen LogP contribution < -0.4 is 16.2 Å².